The fourth-order valence-electron chi connectivity index (χ4n) is 2.22. The van der Waals surface area contributed by atoms with Gasteiger partial charge in [0.2, 0.25) is 0 Å². The number of amides is 1. The van der Waals surface area contributed by atoms with Crippen LogP contribution in [0.15, 0.2) is 47.8 Å². The summed E-state index contributed by atoms with van der Waals surface area (Å²) in [6, 6.07) is 10.6. The smallest absolute Gasteiger partial charge is 0.257 e. The molecular weight excluding hydrogens is 340 g/mol. The molecule has 2 aromatic carbocycles. The molecule has 1 amide bonds. The van der Waals surface area contributed by atoms with Crippen LogP contribution in [0.25, 0.3) is 11.3 Å². The predicted octanol–water partition coefficient (Wildman–Crippen LogP) is 3.68. The Balaban J connectivity index is 1.76. The second-order valence-corrected chi connectivity index (χ2v) is 6.19. The number of aromatic nitrogens is 1. The minimum absolute atomic E-state index is 0.0426. The highest BCUT2D eigenvalue weighted by Crippen LogP contribution is 2.33. The third-order valence-electron chi connectivity index (χ3n) is 3.54. The topological polar surface area (TPSA) is 99.5 Å². The molecule has 3 aromatic rings. The van der Waals surface area contributed by atoms with Crippen LogP contribution in [-0.2, 0) is 0 Å². The molecule has 3 N–H and O–H groups in total. The average molecular weight is 354 g/mol. The van der Waals surface area contributed by atoms with E-state index in [9.17, 15) is 19.8 Å². The number of benzene rings is 2. The molecule has 0 unspecified atom stereocenters. The zero-order chi connectivity index (χ0) is 18.0. The van der Waals surface area contributed by atoms with Gasteiger partial charge in [0.25, 0.3) is 5.91 Å². The Morgan fingerprint density at radius 3 is 2.36 bits per heavy atom. The number of hydrogen-bond donors (Lipinski definition) is 3. The first-order chi connectivity index (χ1) is 11.9. The molecule has 1 heterocycles. The van der Waals surface area contributed by atoms with Crippen molar-refractivity contribution in [3.8, 4) is 22.8 Å². The molecule has 0 aliphatic carbocycles. The number of aromatic hydroxyl groups is 2. The van der Waals surface area contributed by atoms with Crippen LogP contribution in [0.4, 0.5) is 5.13 Å². The summed E-state index contributed by atoms with van der Waals surface area (Å²) in [6.07, 6.45) is 0. The number of nitrogens with zero attached hydrogens (tertiary/aromatic N) is 1. The summed E-state index contributed by atoms with van der Waals surface area (Å²) in [5.74, 6) is -0.543. The average Bonchev–Trinajstić information content (AvgIpc) is 3.03. The van der Waals surface area contributed by atoms with Gasteiger partial charge in [-0.25, -0.2) is 4.98 Å². The lowest BCUT2D eigenvalue weighted by Crippen LogP contribution is -2.11. The number of carbonyl (C=O) groups is 2. The predicted molar refractivity (Wildman–Crippen MR) is 95.3 cm³/mol. The van der Waals surface area contributed by atoms with Crippen molar-refractivity contribution >= 4 is 28.2 Å². The normalized spacial score (nSPS) is 10.4. The molecule has 126 valence electrons. The quantitative estimate of drug-likeness (QED) is 0.621. The molecule has 7 heteroatoms. The van der Waals surface area contributed by atoms with Crippen LogP contribution in [0.3, 0.4) is 0 Å². The first-order valence-electron chi connectivity index (χ1n) is 7.34. The van der Waals surface area contributed by atoms with Gasteiger partial charge in [-0.1, -0.05) is 12.1 Å². The van der Waals surface area contributed by atoms with E-state index in [1.54, 1.807) is 35.7 Å². The Labute approximate surface area is 147 Å². The first-order valence-corrected chi connectivity index (χ1v) is 8.22. The molecule has 0 saturated heterocycles. The Morgan fingerprint density at radius 2 is 1.72 bits per heavy atom. The maximum absolute atomic E-state index is 12.2. The third-order valence-corrected chi connectivity index (χ3v) is 4.29. The van der Waals surface area contributed by atoms with Crippen LogP contribution in [0, 0.1) is 0 Å². The van der Waals surface area contributed by atoms with Gasteiger partial charge < -0.3 is 10.2 Å². The number of phenolic OH excluding ortho intramolecular Hbond substituents is 2. The van der Waals surface area contributed by atoms with Crippen LogP contribution in [-0.4, -0.2) is 26.9 Å². The number of anilines is 1. The van der Waals surface area contributed by atoms with E-state index < -0.39 is 0 Å². The highest BCUT2D eigenvalue weighted by atomic mass is 32.1. The van der Waals surface area contributed by atoms with E-state index in [0.29, 0.717) is 27.5 Å². The summed E-state index contributed by atoms with van der Waals surface area (Å²) in [4.78, 5) is 27.8. The lowest BCUT2D eigenvalue weighted by atomic mass is 10.1. The van der Waals surface area contributed by atoms with E-state index in [4.69, 9.17) is 0 Å². The summed E-state index contributed by atoms with van der Waals surface area (Å²) >= 11 is 1.22. The van der Waals surface area contributed by atoms with Gasteiger partial charge in [-0.15, -0.1) is 11.3 Å². The number of Topliss-reactive ketones (excluding diaryl/α,β-unsaturated/α-hetero) is 1. The highest BCUT2D eigenvalue weighted by Gasteiger charge is 2.13. The molecule has 0 aliphatic rings. The van der Waals surface area contributed by atoms with Crippen LogP contribution in [0.1, 0.15) is 27.6 Å². The highest BCUT2D eigenvalue weighted by molar-refractivity contribution is 7.14. The molecular formula is C18H14N2O4S. The number of hydrogen-bond acceptors (Lipinski definition) is 6. The molecule has 0 spiro atoms. The van der Waals surface area contributed by atoms with Crippen molar-refractivity contribution < 1.29 is 19.8 Å². The molecule has 0 aliphatic heterocycles. The maximum atomic E-state index is 12.2. The largest absolute Gasteiger partial charge is 0.508 e. The SMILES string of the molecule is CC(=O)c1ccc(C(=O)Nc2nc(-c3ccc(O)cc3O)cs2)cc1. The molecule has 0 atom stereocenters. The van der Waals surface area contributed by atoms with Gasteiger partial charge in [0.05, 0.1) is 5.69 Å². The standard InChI is InChI=1S/C18H14N2O4S/c1-10(21)11-2-4-12(5-3-11)17(24)20-18-19-15(9-25-18)14-7-6-13(22)8-16(14)23/h2-9,22-23H,1H3,(H,19,20,24). The van der Waals surface area contributed by atoms with Crippen molar-refractivity contribution in [2.75, 3.05) is 5.32 Å². The van der Waals surface area contributed by atoms with Gasteiger partial charge in [0, 0.05) is 28.1 Å². The molecule has 0 radical (unpaired) electrons. The van der Waals surface area contributed by atoms with Gasteiger partial charge in [-0.2, -0.15) is 0 Å². The molecule has 1 aromatic heterocycles. The van der Waals surface area contributed by atoms with Crippen molar-refractivity contribution in [3.05, 3.63) is 59.0 Å². The fourth-order valence-corrected chi connectivity index (χ4v) is 2.92. The summed E-state index contributed by atoms with van der Waals surface area (Å²) in [5.41, 5.74) is 1.90. The third kappa shape index (κ3) is 3.67. The summed E-state index contributed by atoms with van der Waals surface area (Å²) < 4.78 is 0. The maximum Gasteiger partial charge on any atom is 0.257 e. The lowest BCUT2D eigenvalue weighted by Gasteiger charge is -2.03. The van der Waals surface area contributed by atoms with Crippen molar-refractivity contribution in [3.63, 3.8) is 0 Å². The summed E-state index contributed by atoms with van der Waals surface area (Å²) in [6.45, 7) is 1.46. The van der Waals surface area contributed by atoms with Crippen LogP contribution >= 0.6 is 11.3 Å². The Morgan fingerprint density at radius 1 is 1.04 bits per heavy atom. The van der Waals surface area contributed by atoms with E-state index >= 15 is 0 Å². The molecule has 6 nitrogen and oxygen atoms in total. The minimum Gasteiger partial charge on any atom is -0.508 e. The zero-order valence-corrected chi connectivity index (χ0v) is 14.0. The van der Waals surface area contributed by atoms with Gasteiger partial charge in [-0.3, -0.25) is 14.9 Å². The number of phenols is 2. The van der Waals surface area contributed by atoms with Gasteiger partial charge >= 0.3 is 0 Å². The van der Waals surface area contributed by atoms with Gasteiger partial charge in [0.15, 0.2) is 10.9 Å². The van der Waals surface area contributed by atoms with Crippen molar-refractivity contribution in [1.82, 2.24) is 4.98 Å². The number of nitrogens with one attached hydrogen (secondary N) is 1. The van der Waals surface area contributed by atoms with Crippen molar-refractivity contribution in [1.29, 1.82) is 0 Å². The Kier molecular flexibility index (Phi) is 4.49. The molecule has 0 fully saturated rings. The van der Waals surface area contributed by atoms with Crippen molar-refractivity contribution in [2.45, 2.75) is 6.92 Å². The zero-order valence-electron chi connectivity index (χ0n) is 13.2. The molecule has 0 bridgehead atoms. The summed E-state index contributed by atoms with van der Waals surface area (Å²) in [5, 5.41) is 24.0. The molecule has 25 heavy (non-hydrogen) atoms. The van der Waals surface area contributed by atoms with Gasteiger partial charge in [-0.05, 0) is 31.2 Å². The molecule has 3 rings (SSSR count). The van der Waals surface area contributed by atoms with Crippen LogP contribution < -0.4 is 5.32 Å². The summed E-state index contributed by atoms with van der Waals surface area (Å²) in [7, 11) is 0. The van der Waals surface area contributed by atoms with Crippen molar-refractivity contribution in [2.24, 2.45) is 0 Å². The fraction of sp³-hybridized carbons (Fsp3) is 0.0556. The molecule has 0 saturated carbocycles. The van der Waals surface area contributed by atoms with Gasteiger partial charge in [0.1, 0.15) is 11.5 Å². The number of ketones is 1. The monoisotopic (exact) mass is 354 g/mol. The second-order valence-electron chi connectivity index (χ2n) is 5.33. The first kappa shape index (κ1) is 16.7. The number of carbonyl (C=O) groups excluding carboxylic acids is 2. The Hall–Kier alpha value is -3.19. The Bertz CT molecular complexity index is 948. The van der Waals surface area contributed by atoms with E-state index in [2.05, 4.69) is 10.3 Å². The van der Waals surface area contributed by atoms with Crippen LogP contribution in [0.2, 0.25) is 0 Å². The van der Waals surface area contributed by atoms with E-state index in [1.807, 2.05) is 0 Å². The van der Waals surface area contributed by atoms with E-state index in [0.717, 1.165) is 0 Å². The second kappa shape index (κ2) is 6.74. The lowest BCUT2D eigenvalue weighted by molar-refractivity contribution is 0.100. The van der Waals surface area contributed by atoms with E-state index in [-0.39, 0.29) is 23.2 Å². The van der Waals surface area contributed by atoms with Crippen LogP contribution in [0.5, 0.6) is 11.5 Å². The number of thiazole rings is 1. The van der Waals surface area contributed by atoms with E-state index in [1.165, 1.54) is 30.4 Å². The minimum atomic E-state index is -0.342. The number of rotatable bonds is 4.